The Morgan fingerprint density at radius 3 is 2.60 bits per heavy atom. The zero-order valence-electron chi connectivity index (χ0n) is 11.6. The summed E-state index contributed by atoms with van der Waals surface area (Å²) in [6.45, 7) is 3.26. The molecular formula is C15H17BrN2OS. The molecular weight excluding hydrogens is 336 g/mol. The summed E-state index contributed by atoms with van der Waals surface area (Å²) >= 11 is 5.01. The zero-order valence-corrected chi connectivity index (χ0v) is 14.1. The molecule has 1 fully saturated rings. The van der Waals surface area contributed by atoms with Crippen molar-refractivity contribution in [3.63, 3.8) is 0 Å². The van der Waals surface area contributed by atoms with Gasteiger partial charge < -0.3 is 4.90 Å². The smallest absolute Gasteiger partial charge is 0.254 e. The zero-order chi connectivity index (χ0) is 14.8. The summed E-state index contributed by atoms with van der Waals surface area (Å²) in [6.07, 6.45) is 3.46. The molecule has 106 valence electrons. The molecule has 0 bridgehead atoms. The van der Waals surface area contributed by atoms with Crippen LogP contribution in [-0.4, -0.2) is 34.9 Å². The maximum atomic E-state index is 12.5. The number of hydrogen-bond acceptors (Lipinski definition) is 3. The van der Waals surface area contributed by atoms with Crippen molar-refractivity contribution in [2.75, 3.05) is 19.3 Å². The first kappa shape index (κ1) is 15.4. The van der Waals surface area contributed by atoms with E-state index in [9.17, 15) is 10.1 Å². The maximum Gasteiger partial charge on any atom is 0.254 e. The lowest BCUT2D eigenvalue weighted by atomic mass is 9.96. The summed E-state index contributed by atoms with van der Waals surface area (Å²) in [5.74, 6) is 0.0719. The van der Waals surface area contributed by atoms with Gasteiger partial charge in [0, 0.05) is 23.1 Å². The summed E-state index contributed by atoms with van der Waals surface area (Å²) in [6, 6.07) is 8.12. The number of halogens is 1. The Hall–Kier alpha value is -0.990. The summed E-state index contributed by atoms with van der Waals surface area (Å²) in [4.78, 5) is 14.4. The summed E-state index contributed by atoms with van der Waals surface area (Å²) < 4.78 is 0.669. The molecule has 2 rings (SSSR count). The van der Waals surface area contributed by atoms with Crippen LogP contribution in [0.5, 0.6) is 0 Å². The molecule has 1 heterocycles. The molecule has 1 aromatic carbocycles. The fourth-order valence-electron chi connectivity index (χ4n) is 2.47. The second kappa shape index (κ2) is 6.19. The van der Waals surface area contributed by atoms with Gasteiger partial charge in [-0.1, -0.05) is 15.9 Å². The van der Waals surface area contributed by atoms with E-state index in [2.05, 4.69) is 22.0 Å². The third-order valence-corrected chi connectivity index (χ3v) is 5.65. The van der Waals surface area contributed by atoms with Crippen molar-refractivity contribution in [2.24, 2.45) is 0 Å². The molecule has 3 nitrogen and oxygen atoms in total. The van der Waals surface area contributed by atoms with E-state index in [1.165, 1.54) is 0 Å². The lowest BCUT2D eigenvalue weighted by molar-refractivity contribution is 0.0716. The number of carbonyl (C=O) groups excluding carboxylic acids is 1. The van der Waals surface area contributed by atoms with Crippen LogP contribution in [0.1, 0.15) is 28.8 Å². The SMILES string of the molecule is CSC1(C#N)CCN(C(=O)c2ccc(Br)cc2C)CC1. The molecule has 5 heteroatoms. The molecule has 0 aliphatic carbocycles. The third kappa shape index (κ3) is 3.02. The van der Waals surface area contributed by atoms with E-state index in [4.69, 9.17) is 0 Å². The Morgan fingerprint density at radius 2 is 2.10 bits per heavy atom. The van der Waals surface area contributed by atoms with Crippen molar-refractivity contribution in [1.29, 1.82) is 5.26 Å². The van der Waals surface area contributed by atoms with Crippen molar-refractivity contribution < 1.29 is 4.79 Å². The third-order valence-electron chi connectivity index (χ3n) is 3.87. The van der Waals surface area contributed by atoms with Crippen LogP contribution >= 0.6 is 27.7 Å². The van der Waals surface area contributed by atoms with Gasteiger partial charge in [-0.05, 0) is 49.8 Å². The Labute approximate surface area is 132 Å². The highest BCUT2D eigenvalue weighted by Crippen LogP contribution is 2.34. The van der Waals surface area contributed by atoms with E-state index < -0.39 is 0 Å². The molecule has 1 amide bonds. The minimum absolute atomic E-state index is 0.0719. The number of likely N-dealkylation sites (tertiary alicyclic amines) is 1. The predicted molar refractivity (Wildman–Crippen MR) is 85.9 cm³/mol. The van der Waals surface area contributed by atoms with E-state index in [0.29, 0.717) is 13.1 Å². The van der Waals surface area contributed by atoms with Gasteiger partial charge in [-0.2, -0.15) is 5.26 Å². The van der Waals surface area contributed by atoms with Crippen molar-refractivity contribution in [3.05, 3.63) is 33.8 Å². The highest BCUT2D eigenvalue weighted by Gasteiger charge is 2.35. The number of rotatable bonds is 2. The molecule has 0 atom stereocenters. The summed E-state index contributed by atoms with van der Waals surface area (Å²) in [5, 5.41) is 9.28. The van der Waals surface area contributed by atoms with Crippen LogP contribution in [0.15, 0.2) is 22.7 Å². The van der Waals surface area contributed by atoms with Crippen molar-refractivity contribution in [3.8, 4) is 6.07 Å². The van der Waals surface area contributed by atoms with Gasteiger partial charge in [0.15, 0.2) is 0 Å². The first-order valence-corrected chi connectivity index (χ1v) is 8.55. The van der Waals surface area contributed by atoms with Crippen molar-refractivity contribution in [2.45, 2.75) is 24.5 Å². The number of carbonyl (C=O) groups is 1. The van der Waals surface area contributed by atoms with Crippen LogP contribution in [0, 0.1) is 18.3 Å². The van der Waals surface area contributed by atoms with Gasteiger partial charge in [0.2, 0.25) is 0 Å². The maximum absolute atomic E-state index is 12.5. The molecule has 1 aliphatic rings. The predicted octanol–water partition coefficient (Wildman–Crippen LogP) is 3.62. The fraction of sp³-hybridized carbons (Fsp3) is 0.467. The molecule has 0 saturated carbocycles. The van der Waals surface area contributed by atoms with Gasteiger partial charge in [0.1, 0.15) is 4.75 Å². The van der Waals surface area contributed by atoms with Crippen molar-refractivity contribution >= 4 is 33.6 Å². The molecule has 0 unspecified atom stereocenters. The topological polar surface area (TPSA) is 44.1 Å². The molecule has 0 aromatic heterocycles. The average Bonchev–Trinajstić information content (AvgIpc) is 2.47. The highest BCUT2D eigenvalue weighted by atomic mass is 79.9. The van der Waals surface area contributed by atoms with E-state index in [1.807, 2.05) is 36.3 Å². The fourth-order valence-corrected chi connectivity index (χ4v) is 3.63. The number of piperidine rings is 1. The molecule has 20 heavy (non-hydrogen) atoms. The van der Waals surface area contributed by atoms with Gasteiger partial charge in [0.25, 0.3) is 5.91 Å². The first-order chi connectivity index (χ1) is 9.51. The van der Waals surface area contributed by atoms with Gasteiger partial charge in [-0.25, -0.2) is 0 Å². The molecule has 1 aromatic rings. The Morgan fingerprint density at radius 1 is 1.45 bits per heavy atom. The second-order valence-corrected chi connectivity index (χ2v) is 7.17. The number of thioether (sulfide) groups is 1. The van der Waals surface area contributed by atoms with E-state index in [-0.39, 0.29) is 10.7 Å². The largest absolute Gasteiger partial charge is 0.338 e. The molecule has 0 spiro atoms. The number of hydrogen-bond donors (Lipinski definition) is 0. The Bertz CT molecular complexity index is 559. The lowest BCUT2D eigenvalue weighted by Crippen LogP contribution is -2.44. The Kier molecular flexibility index (Phi) is 4.77. The standard InChI is InChI=1S/C15H17BrN2OS/c1-11-9-12(16)3-4-13(11)14(19)18-7-5-15(10-17,20-2)6-8-18/h3-4,9H,5-8H2,1-2H3. The van der Waals surface area contributed by atoms with Crippen LogP contribution < -0.4 is 0 Å². The lowest BCUT2D eigenvalue weighted by Gasteiger charge is -2.36. The van der Waals surface area contributed by atoms with Gasteiger partial charge >= 0.3 is 0 Å². The average molecular weight is 353 g/mol. The molecule has 1 saturated heterocycles. The van der Waals surface area contributed by atoms with E-state index in [1.54, 1.807) is 11.8 Å². The monoisotopic (exact) mass is 352 g/mol. The molecule has 0 radical (unpaired) electrons. The molecule has 0 N–H and O–H groups in total. The first-order valence-electron chi connectivity index (χ1n) is 6.53. The number of benzene rings is 1. The van der Waals surface area contributed by atoms with Gasteiger partial charge in [0.05, 0.1) is 6.07 Å². The number of amides is 1. The minimum Gasteiger partial charge on any atom is -0.338 e. The Balaban J connectivity index is 2.11. The summed E-state index contributed by atoms with van der Waals surface area (Å²) in [7, 11) is 0. The normalized spacial score (nSPS) is 17.6. The van der Waals surface area contributed by atoms with Gasteiger partial charge in [-0.3, -0.25) is 4.79 Å². The van der Waals surface area contributed by atoms with Gasteiger partial charge in [-0.15, -0.1) is 11.8 Å². The quantitative estimate of drug-likeness (QED) is 0.816. The number of nitrogens with zero attached hydrogens (tertiary/aromatic N) is 2. The highest BCUT2D eigenvalue weighted by molar-refractivity contribution is 9.10. The minimum atomic E-state index is -0.314. The van der Waals surface area contributed by atoms with E-state index >= 15 is 0 Å². The van der Waals surface area contributed by atoms with Crippen LogP contribution in [0.2, 0.25) is 0 Å². The van der Waals surface area contributed by atoms with Crippen LogP contribution in [0.3, 0.4) is 0 Å². The molecule has 1 aliphatic heterocycles. The van der Waals surface area contributed by atoms with Crippen LogP contribution in [0.4, 0.5) is 0 Å². The van der Waals surface area contributed by atoms with Crippen LogP contribution in [-0.2, 0) is 0 Å². The number of nitriles is 1. The number of aryl methyl sites for hydroxylation is 1. The van der Waals surface area contributed by atoms with Crippen molar-refractivity contribution in [1.82, 2.24) is 4.90 Å². The van der Waals surface area contributed by atoms with Crippen LogP contribution in [0.25, 0.3) is 0 Å². The second-order valence-electron chi connectivity index (χ2n) is 5.06. The van der Waals surface area contributed by atoms with E-state index in [0.717, 1.165) is 28.4 Å². The summed E-state index contributed by atoms with van der Waals surface area (Å²) in [5.41, 5.74) is 1.73.